The Labute approximate surface area is 242 Å². The SMILES string of the molecule is COC(=O)C1(Cc2ccc3nc(C(NC(=O)OCc4ccccc4)C4CCCCCC4)cn3n2)CC(F)(F)CNC1=O. The lowest BCUT2D eigenvalue weighted by Crippen LogP contribution is -2.59. The predicted octanol–water partition coefficient (Wildman–Crippen LogP) is 4.52. The Morgan fingerprint density at radius 2 is 1.86 bits per heavy atom. The fourth-order valence-corrected chi connectivity index (χ4v) is 6.00. The molecule has 1 aromatic carbocycles. The highest BCUT2D eigenvalue weighted by Gasteiger charge is 2.57. The summed E-state index contributed by atoms with van der Waals surface area (Å²) in [7, 11) is 1.06. The molecule has 2 aliphatic rings. The Morgan fingerprint density at radius 1 is 1.12 bits per heavy atom. The van der Waals surface area contributed by atoms with Gasteiger partial charge in [0, 0.05) is 12.8 Å². The van der Waals surface area contributed by atoms with Crippen LogP contribution < -0.4 is 10.6 Å². The zero-order valence-corrected chi connectivity index (χ0v) is 23.5. The van der Waals surface area contributed by atoms with Gasteiger partial charge in [-0.25, -0.2) is 23.1 Å². The molecular formula is C30H35F2N5O5. The number of nitrogens with zero attached hydrogens (tertiary/aromatic N) is 3. The number of halogens is 2. The first-order valence-electron chi connectivity index (χ1n) is 14.3. The third-order valence-electron chi connectivity index (χ3n) is 8.13. The molecule has 2 aromatic heterocycles. The maximum absolute atomic E-state index is 14.4. The van der Waals surface area contributed by atoms with Crippen LogP contribution in [0.15, 0.2) is 48.7 Å². The molecule has 224 valence electrons. The lowest BCUT2D eigenvalue weighted by atomic mass is 9.74. The number of piperidine rings is 1. The van der Waals surface area contributed by atoms with E-state index < -0.39 is 48.3 Å². The van der Waals surface area contributed by atoms with Crippen LogP contribution in [0.3, 0.4) is 0 Å². The van der Waals surface area contributed by atoms with Crippen LogP contribution in [0.4, 0.5) is 13.6 Å². The number of ether oxygens (including phenoxy) is 2. The van der Waals surface area contributed by atoms with Gasteiger partial charge in [-0.05, 0) is 36.5 Å². The van der Waals surface area contributed by atoms with Gasteiger partial charge in [0.2, 0.25) is 5.91 Å². The zero-order valence-electron chi connectivity index (χ0n) is 23.5. The molecule has 2 fully saturated rings. The quantitative estimate of drug-likeness (QED) is 0.227. The van der Waals surface area contributed by atoms with Crippen molar-refractivity contribution >= 4 is 23.6 Å². The molecule has 12 heteroatoms. The minimum atomic E-state index is -3.28. The van der Waals surface area contributed by atoms with Gasteiger partial charge in [-0.1, -0.05) is 56.0 Å². The van der Waals surface area contributed by atoms with Crippen LogP contribution in [0.1, 0.15) is 67.9 Å². The molecule has 2 amide bonds. The van der Waals surface area contributed by atoms with E-state index in [9.17, 15) is 23.2 Å². The highest BCUT2D eigenvalue weighted by atomic mass is 19.3. The van der Waals surface area contributed by atoms with Gasteiger partial charge in [0.05, 0.1) is 37.3 Å². The summed E-state index contributed by atoms with van der Waals surface area (Å²) >= 11 is 0. The van der Waals surface area contributed by atoms with E-state index in [0.717, 1.165) is 51.2 Å². The molecule has 42 heavy (non-hydrogen) atoms. The number of hydrogen-bond acceptors (Lipinski definition) is 7. The van der Waals surface area contributed by atoms with Crippen LogP contribution in [-0.4, -0.2) is 52.1 Å². The standard InChI is InChI=1S/C30H35F2N5O5/c1-41-27(39)29(18-30(31,32)19-33-26(29)38)15-22-13-14-24-34-23(16-37(24)36-22)25(21-11-7-2-3-8-12-21)35-28(40)42-17-20-9-5-4-6-10-20/h4-6,9-10,13-14,16,21,25H,2-3,7-8,11-12,15,17-19H2,1H3,(H,33,38)(H,35,40). The summed E-state index contributed by atoms with van der Waals surface area (Å²) < 4.78 is 40.5. The lowest BCUT2D eigenvalue weighted by Gasteiger charge is -2.37. The van der Waals surface area contributed by atoms with E-state index in [1.807, 2.05) is 30.3 Å². The Bertz CT molecular complexity index is 1410. The highest BCUT2D eigenvalue weighted by Crippen LogP contribution is 2.40. The normalized spacial score (nSPS) is 21.6. The minimum Gasteiger partial charge on any atom is -0.468 e. The Kier molecular flexibility index (Phi) is 8.69. The lowest BCUT2D eigenvalue weighted by molar-refractivity contribution is -0.172. The summed E-state index contributed by atoms with van der Waals surface area (Å²) in [4.78, 5) is 43.1. The maximum atomic E-state index is 14.4. The molecule has 5 rings (SSSR count). The Hall–Kier alpha value is -4.09. The number of aromatic nitrogens is 3. The molecular weight excluding hydrogens is 548 g/mol. The number of alkyl carbamates (subject to hydrolysis) is 1. The Balaban J connectivity index is 1.40. The smallest absolute Gasteiger partial charge is 0.408 e. The fourth-order valence-electron chi connectivity index (χ4n) is 6.00. The average Bonchev–Trinajstić information content (AvgIpc) is 3.21. The molecule has 2 atom stereocenters. The van der Waals surface area contributed by atoms with E-state index in [2.05, 4.69) is 15.7 Å². The molecule has 2 unspecified atom stereocenters. The first-order valence-corrected chi connectivity index (χ1v) is 14.3. The molecule has 3 aromatic rings. The third-order valence-corrected chi connectivity index (χ3v) is 8.13. The van der Waals surface area contributed by atoms with Crippen molar-refractivity contribution in [1.29, 1.82) is 0 Å². The van der Waals surface area contributed by atoms with Crippen LogP contribution in [0.5, 0.6) is 0 Å². The fraction of sp³-hybridized carbons (Fsp3) is 0.500. The maximum Gasteiger partial charge on any atom is 0.408 e. The van der Waals surface area contributed by atoms with Crippen LogP contribution in [0.25, 0.3) is 5.65 Å². The van der Waals surface area contributed by atoms with Crippen LogP contribution >= 0.6 is 0 Å². The molecule has 10 nitrogen and oxygen atoms in total. The van der Waals surface area contributed by atoms with E-state index in [4.69, 9.17) is 14.5 Å². The summed E-state index contributed by atoms with van der Waals surface area (Å²) in [5, 5.41) is 9.68. The van der Waals surface area contributed by atoms with E-state index in [1.165, 1.54) is 4.52 Å². The summed E-state index contributed by atoms with van der Waals surface area (Å²) in [6, 6.07) is 12.2. The van der Waals surface area contributed by atoms with Gasteiger partial charge in [-0.15, -0.1) is 0 Å². The molecule has 1 aliphatic carbocycles. The second-order valence-corrected chi connectivity index (χ2v) is 11.2. The zero-order chi connectivity index (χ0) is 29.7. The number of benzene rings is 1. The van der Waals surface area contributed by atoms with E-state index >= 15 is 0 Å². The second-order valence-electron chi connectivity index (χ2n) is 11.2. The number of methoxy groups -OCH3 is 1. The van der Waals surface area contributed by atoms with Gasteiger partial charge < -0.3 is 20.1 Å². The number of nitrogens with one attached hydrogen (secondary N) is 2. The monoisotopic (exact) mass is 583 g/mol. The highest BCUT2D eigenvalue weighted by molar-refractivity contribution is 6.03. The summed E-state index contributed by atoms with van der Waals surface area (Å²) in [6.07, 6.45) is 5.96. The van der Waals surface area contributed by atoms with Crippen molar-refractivity contribution < 1.29 is 32.6 Å². The average molecular weight is 584 g/mol. The van der Waals surface area contributed by atoms with Gasteiger partial charge in [0.15, 0.2) is 11.1 Å². The molecule has 3 heterocycles. The first kappa shape index (κ1) is 29.4. The molecule has 1 aliphatic heterocycles. The number of carbonyl (C=O) groups excluding carboxylic acids is 3. The van der Waals surface area contributed by atoms with Gasteiger partial charge in [0.1, 0.15) is 6.61 Å². The Morgan fingerprint density at radius 3 is 2.57 bits per heavy atom. The minimum absolute atomic E-state index is 0.134. The summed E-state index contributed by atoms with van der Waals surface area (Å²) in [5.74, 6) is -5.00. The number of carbonyl (C=O) groups is 3. The largest absolute Gasteiger partial charge is 0.468 e. The van der Waals surface area contributed by atoms with E-state index in [-0.39, 0.29) is 24.6 Å². The number of esters is 1. The van der Waals surface area contributed by atoms with Gasteiger partial charge >= 0.3 is 12.1 Å². The van der Waals surface area contributed by atoms with Gasteiger partial charge in [0.25, 0.3) is 5.92 Å². The van der Waals surface area contributed by atoms with Crippen molar-refractivity contribution in [3.8, 4) is 0 Å². The molecule has 1 saturated carbocycles. The first-order chi connectivity index (χ1) is 20.2. The van der Waals surface area contributed by atoms with E-state index in [1.54, 1.807) is 18.3 Å². The van der Waals surface area contributed by atoms with Crippen molar-refractivity contribution in [2.75, 3.05) is 13.7 Å². The van der Waals surface area contributed by atoms with E-state index in [0.29, 0.717) is 11.3 Å². The predicted molar refractivity (Wildman–Crippen MR) is 147 cm³/mol. The number of amides is 2. The van der Waals surface area contributed by atoms with Crippen molar-refractivity contribution in [3.63, 3.8) is 0 Å². The summed E-state index contributed by atoms with van der Waals surface area (Å²) in [6.45, 7) is -0.708. The molecule has 1 saturated heterocycles. The number of imidazole rings is 1. The van der Waals surface area contributed by atoms with Crippen LogP contribution in [0, 0.1) is 11.3 Å². The number of rotatable bonds is 8. The van der Waals surface area contributed by atoms with Crippen LogP contribution in [-0.2, 0) is 32.1 Å². The van der Waals surface area contributed by atoms with Crippen LogP contribution in [0.2, 0.25) is 0 Å². The topological polar surface area (TPSA) is 124 Å². The number of alkyl halides is 2. The van der Waals surface area contributed by atoms with Crippen molar-refractivity contribution in [2.45, 2.75) is 69.9 Å². The van der Waals surface area contributed by atoms with Crippen molar-refractivity contribution in [3.05, 3.63) is 65.6 Å². The second kappa shape index (κ2) is 12.4. The number of fused-ring (bicyclic) bond motifs is 1. The summed E-state index contributed by atoms with van der Waals surface area (Å²) in [5.41, 5.74) is 0.0569. The third kappa shape index (κ3) is 6.52. The molecule has 0 bridgehead atoms. The van der Waals surface area contributed by atoms with Gasteiger partial charge in [-0.2, -0.15) is 5.10 Å². The van der Waals surface area contributed by atoms with Crippen molar-refractivity contribution in [2.24, 2.45) is 11.3 Å². The molecule has 2 N–H and O–H groups in total. The molecule has 0 radical (unpaired) electrons. The van der Waals surface area contributed by atoms with Gasteiger partial charge in [-0.3, -0.25) is 9.59 Å². The van der Waals surface area contributed by atoms with Crippen molar-refractivity contribution in [1.82, 2.24) is 25.2 Å². The molecule has 0 spiro atoms. The number of hydrogen-bond donors (Lipinski definition) is 2.